The summed E-state index contributed by atoms with van der Waals surface area (Å²) in [5.74, 6) is 2.74. The van der Waals surface area contributed by atoms with Crippen molar-refractivity contribution < 1.29 is 9.21 Å². The molecule has 30 heavy (non-hydrogen) atoms. The summed E-state index contributed by atoms with van der Waals surface area (Å²) in [6.45, 7) is 3.97. The third-order valence-electron chi connectivity index (χ3n) is 6.52. The van der Waals surface area contributed by atoms with E-state index in [9.17, 15) is 4.79 Å². The standard InChI is InChI=1S/C21H26ClN3O2S.2ClH/c22-15-1-2-20-17(9-15)18(12-27-20)14-3-5-24(6-4-14)16-10-19(23-11-16)21(26)25-7-8-28-13-25;;/h1-2,9,12,14,16,19,23H,3-8,10-11,13H2;2*1H/t16-,19-;;/m0../s1. The number of likely N-dealkylation sites (tertiary alicyclic amines) is 1. The van der Waals surface area contributed by atoms with Crippen molar-refractivity contribution in [3.8, 4) is 0 Å². The number of nitrogens with one attached hydrogen (secondary N) is 1. The second-order valence-electron chi connectivity index (χ2n) is 8.13. The predicted octanol–water partition coefficient (Wildman–Crippen LogP) is 4.37. The van der Waals surface area contributed by atoms with E-state index in [1.165, 1.54) is 5.56 Å². The monoisotopic (exact) mass is 491 g/mol. The smallest absolute Gasteiger partial charge is 0.240 e. The van der Waals surface area contributed by atoms with Gasteiger partial charge >= 0.3 is 0 Å². The number of hydrogen-bond acceptors (Lipinski definition) is 5. The fourth-order valence-corrected chi connectivity index (χ4v) is 6.03. The van der Waals surface area contributed by atoms with Crippen LogP contribution in [0.3, 0.4) is 0 Å². The second-order valence-corrected chi connectivity index (χ2v) is 9.64. The number of piperidine rings is 1. The molecule has 166 valence electrons. The van der Waals surface area contributed by atoms with Gasteiger partial charge in [-0.15, -0.1) is 36.6 Å². The molecule has 1 aromatic heterocycles. The van der Waals surface area contributed by atoms with Gasteiger partial charge in [-0.2, -0.15) is 0 Å². The van der Waals surface area contributed by atoms with E-state index in [1.54, 1.807) is 0 Å². The van der Waals surface area contributed by atoms with Crippen molar-refractivity contribution in [2.75, 3.05) is 37.8 Å². The first-order valence-corrected chi connectivity index (χ1v) is 11.7. The first-order valence-electron chi connectivity index (χ1n) is 10.2. The van der Waals surface area contributed by atoms with Crippen molar-refractivity contribution in [2.24, 2.45) is 0 Å². The number of halogens is 3. The lowest BCUT2D eigenvalue weighted by molar-refractivity contribution is -0.131. The van der Waals surface area contributed by atoms with Crippen LogP contribution in [-0.4, -0.2) is 65.6 Å². The fraction of sp³-hybridized carbons (Fsp3) is 0.571. The Morgan fingerprint density at radius 1 is 1.20 bits per heavy atom. The highest BCUT2D eigenvalue weighted by molar-refractivity contribution is 7.99. The summed E-state index contributed by atoms with van der Waals surface area (Å²) >= 11 is 8.04. The van der Waals surface area contributed by atoms with Gasteiger partial charge in [0, 0.05) is 40.9 Å². The lowest BCUT2D eigenvalue weighted by Gasteiger charge is -2.35. The quantitative estimate of drug-likeness (QED) is 0.689. The largest absolute Gasteiger partial charge is 0.464 e. The molecule has 3 aliphatic heterocycles. The number of benzene rings is 1. The van der Waals surface area contributed by atoms with Crippen LogP contribution in [0.4, 0.5) is 0 Å². The molecule has 0 saturated carbocycles. The SMILES string of the molecule is Cl.Cl.O=C([C@@H]1C[C@H](N2CCC(c3coc4ccc(Cl)cc34)CC2)CN1)N1CCSC1. The summed E-state index contributed by atoms with van der Waals surface area (Å²) in [6, 6.07) is 6.33. The maximum Gasteiger partial charge on any atom is 0.240 e. The van der Waals surface area contributed by atoms with Crippen molar-refractivity contribution >= 4 is 65.1 Å². The van der Waals surface area contributed by atoms with Gasteiger partial charge in [0.15, 0.2) is 0 Å². The van der Waals surface area contributed by atoms with Crippen molar-refractivity contribution in [2.45, 2.75) is 37.3 Å². The third-order valence-corrected chi connectivity index (χ3v) is 7.72. The maximum absolute atomic E-state index is 12.6. The molecule has 2 atom stereocenters. The minimum Gasteiger partial charge on any atom is -0.464 e. The molecule has 0 spiro atoms. The molecule has 3 saturated heterocycles. The van der Waals surface area contributed by atoms with Crippen LogP contribution >= 0.6 is 48.2 Å². The highest BCUT2D eigenvalue weighted by atomic mass is 35.5. The Hall–Kier alpha value is -0.630. The van der Waals surface area contributed by atoms with Gasteiger partial charge in [-0.1, -0.05) is 11.6 Å². The topological polar surface area (TPSA) is 48.7 Å². The molecule has 2 aromatic rings. The minimum absolute atomic E-state index is 0. The molecule has 0 aliphatic carbocycles. The summed E-state index contributed by atoms with van der Waals surface area (Å²) < 4.78 is 5.75. The summed E-state index contributed by atoms with van der Waals surface area (Å²) in [4.78, 5) is 17.2. The van der Waals surface area contributed by atoms with Crippen LogP contribution in [-0.2, 0) is 4.79 Å². The molecule has 1 aromatic carbocycles. The average Bonchev–Trinajstić information content (AvgIpc) is 3.47. The number of furan rings is 1. The van der Waals surface area contributed by atoms with Crippen LogP contribution < -0.4 is 5.32 Å². The van der Waals surface area contributed by atoms with Gasteiger partial charge in [0.25, 0.3) is 0 Å². The Labute approximate surface area is 199 Å². The molecule has 0 radical (unpaired) electrons. The zero-order valence-corrected chi connectivity index (χ0v) is 19.9. The Bertz CT molecular complexity index is 866. The molecule has 0 unspecified atom stereocenters. The third kappa shape index (κ3) is 4.74. The minimum atomic E-state index is 0. The van der Waals surface area contributed by atoms with E-state index in [-0.39, 0.29) is 30.9 Å². The van der Waals surface area contributed by atoms with E-state index in [4.69, 9.17) is 16.0 Å². The molecule has 1 N–H and O–H groups in total. The first kappa shape index (κ1) is 24.0. The number of amides is 1. The van der Waals surface area contributed by atoms with Gasteiger partial charge in [0.1, 0.15) is 5.58 Å². The Kier molecular flexibility index (Phi) is 8.27. The molecule has 1 amide bonds. The molecule has 3 aliphatic rings. The van der Waals surface area contributed by atoms with Crippen LogP contribution in [0.15, 0.2) is 28.9 Å². The van der Waals surface area contributed by atoms with Gasteiger partial charge in [-0.3, -0.25) is 9.69 Å². The lowest BCUT2D eigenvalue weighted by atomic mass is 9.88. The van der Waals surface area contributed by atoms with E-state index in [1.807, 2.05) is 41.1 Å². The first-order chi connectivity index (χ1) is 13.7. The van der Waals surface area contributed by atoms with Crippen molar-refractivity contribution in [3.63, 3.8) is 0 Å². The van der Waals surface area contributed by atoms with Gasteiger partial charge in [-0.25, -0.2) is 0 Å². The average molecular weight is 493 g/mol. The van der Waals surface area contributed by atoms with Crippen LogP contribution in [0, 0.1) is 0 Å². The van der Waals surface area contributed by atoms with E-state index in [2.05, 4.69) is 10.2 Å². The Morgan fingerprint density at radius 3 is 2.73 bits per heavy atom. The van der Waals surface area contributed by atoms with E-state index in [0.29, 0.717) is 17.9 Å². The molecule has 0 bridgehead atoms. The van der Waals surface area contributed by atoms with Crippen LogP contribution in [0.2, 0.25) is 5.02 Å². The zero-order valence-electron chi connectivity index (χ0n) is 16.7. The normalized spacial score (nSPS) is 25.3. The van der Waals surface area contributed by atoms with Crippen molar-refractivity contribution in [1.29, 1.82) is 0 Å². The molecule has 9 heteroatoms. The lowest BCUT2D eigenvalue weighted by Crippen LogP contribution is -2.42. The van der Waals surface area contributed by atoms with E-state index in [0.717, 1.165) is 73.1 Å². The number of hydrogen-bond donors (Lipinski definition) is 1. The van der Waals surface area contributed by atoms with E-state index < -0.39 is 0 Å². The van der Waals surface area contributed by atoms with Gasteiger partial charge < -0.3 is 14.6 Å². The highest BCUT2D eigenvalue weighted by Crippen LogP contribution is 2.36. The number of carbonyl (C=O) groups is 1. The van der Waals surface area contributed by atoms with Crippen molar-refractivity contribution in [3.05, 3.63) is 35.0 Å². The van der Waals surface area contributed by atoms with Gasteiger partial charge in [0.05, 0.1) is 18.2 Å². The number of nitrogens with zero attached hydrogens (tertiary/aromatic N) is 2. The summed E-state index contributed by atoms with van der Waals surface area (Å²) in [5, 5.41) is 5.39. The molecule has 4 heterocycles. The molecule has 5 nitrogen and oxygen atoms in total. The van der Waals surface area contributed by atoms with Crippen molar-refractivity contribution in [1.82, 2.24) is 15.1 Å². The van der Waals surface area contributed by atoms with Crippen LogP contribution in [0.1, 0.15) is 30.7 Å². The second kappa shape index (κ2) is 10.3. The summed E-state index contributed by atoms with van der Waals surface area (Å²) in [6.07, 6.45) is 5.11. The predicted molar refractivity (Wildman–Crippen MR) is 129 cm³/mol. The number of fused-ring (bicyclic) bond motifs is 1. The van der Waals surface area contributed by atoms with E-state index >= 15 is 0 Å². The van der Waals surface area contributed by atoms with Gasteiger partial charge in [-0.05, 0) is 56.5 Å². The maximum atomic E-state index is 12.6. The Balaban J connectivity index is 0.00000128. The Morgan fingerprint density at radius 2 is 2.00 bits per heavy atom. The summed E-state index contributed by atoms with van der Waals surface area (Å²) in [5.41, 5.74) is 2.21. The van der Waals surface area contributed by atoms with Crippen LogP contribution in [0.5, 0.6) is 0 Å². The number of thioether (sulfide) groups is 1. The number of rotatable bonds is 3. The molecule has 5 rings (SSSR count). The fourth-order valence-electron chi connectivity index (χ4n) is 4.90. The van der Waals surface area contributed by atoms with Crippen LogP contribution in [0.25, 0.3) is 11.0 Å². The highest BCUT2D eigenvalue weighted by Gasteiger charge is 2.37. The van der Waals surface area contributed by atoms with Gasteiger partial charge in [0.2, 0.25) is 5.91 Å². The number of carbonyl (C=O) groups excluding carboxylic acids is 1. The molecular weight excluding hydrogens is 465 g/mol. The molecular formula is C21H28Cl3N3O2S. The molecule has 3 fully saturated rings. The summed E-state index contributed by atoms with van der Waals surface area (Å²) in [7, 11) is 0. The zero-order chi connectivity index (χ0) is 19.1.